The number of hydrogen-bond acceptors (Lipinski definition) is 6. The summed E-state index contributed by atoms with van der Waals surface area (Å²) >= 11 is 0. The predicted molar refractivity (Wildman–Crippen MR) is 125 cm³/mol. The molecule has 2 amide bonds. The maximum atomic E-state index is 12.2. The highest BCUT2D eigenvalue weighted by Crippen LogP contribution is 2.22. The normalized spacial score (nSPS) is 10.3. The van der Waals surface area contributed by atoms with E-state index >= 15 is 0 Å². The Balaban J connectivity index is 1.71. The van der Waals surface area contributed by atoms with Crippen LogP contribution in [0.25, 0.3) is 0 Å². The van der Waals surface area contributed by atoms with Crippen molar-refractivity contribution in [3.8, 4) is 0 Å². The van der Waals surface area contributed by atoms with Crippen LogP contribution < -0.4 is 10.6 Å². The van der Waals surface area contributed by atoms with Crippen LogP contribution in [0.3, 0.4) is 0 Å². The Morgan fingerprint density at radius 3 is 2.03 bits per heavy atom. The fourth-order valence-electron chi connectivity index (χ4n) is 3.22. The van der Waals surface area contributed by atoms with Crippen LogP contribution in [-0.2, 0) is 36.7 Å². The summed E-state index contributed by atoms with van der Waals surface area (Å²) in [6.07, 6.45) is 1.98. The zero-order chi connectivity index (χ0) is 24.2. The number of rotatable bonds is 11. The van der Waals surface area contributed by atoms with Crippen molar-refractivity contribution in [2.24, 2.45) is 0 Å². The summed E-state index contributed by atoms with van der Waals surface area (Å²) in [7, 11) is 1.29. The van der Waals surface area contributed by atoms with Crippen molar-refractivity contribution in [3.05, 3.63) is 59.2 Å². The molecule has 0 radical (unpaired) electrons. The lowest BCUT2D eigenvalue weighted by atomic mass is 10.0. The molecule has 0 aliphatic carbocycles. The van der Waals surface area contributed by atoms with Crippen molar-refractivity contribution in [2.75, 3.05) is 24.4 Å². The number of anilines is 2. The summed E-state index contributed by atoms with van der Waals surface area (Å²) in [5.41, 5.74) is 3.75. The number of amides is 2. The number of carbonyl (C=O) groups excluding carboxylic acids is 4. The SMILES string of the molecule is CCc1cccc(CC)c1NC(=O)COC(=O)CCCC(=O)Nc1ccc(C(=O)OC)cc1. The van der Waals surface area contributed by atoms with Crippen LogP contribution in [0.4, 0.5) is 11.4 Å². The number of benzene rings is 2. The Hall–Kier alpha value is -3.68. The van der Waals surface area contributed by atoms with Crippen molar-refractivity contribution in [2.45, 2.75) is 46.0 Å². The minimum atomic E-state index is -0.542. The van der Waals surface area contributed by atoms with E-state index in [1.807, 2.05) is 32.0 Å². The van der Waals surface area contributed by atoms with E-state index < -0.39 is 17.8 Å². The minimum absolute atomic E-state index is 0.0216. The lowest BCUT2D eigenvalue weighted by molar-refractivity contribution is -0.147. The summed E-state index contributed by atoms with van der Waals surface area (Å²) < 4.78 is 9.67. The van der Waals surface area contributed by atoms with Crippen molar-refractivity contribution < 1.29 is 28.7 Å². The van der Waals surface area contributed by atoms with E-state index in [1.165, 1.54) is 7.11 Å². The first-order valence-corrected chi connectivity index (χ1v) is 10.9. The summed E-state index contributed by atoms with van der Waals surface area (Å²) in [5, 5.41) is 5.53. The molecule has 33 heavy (non-hydrogen) atoms. The lowest BCUT2D eigenvalue weighted by Gasteiger charge is -2.14. The summed E-state index contributed by atoms with van der Waals surface area (Å²) in [4.78, 5) is 47.6. The van der Waals surface area contributed by atoms with Crippen LogP contribution in [0.1, 0.15) is 54.6 Å². The van der Waals surface area contributed by atoms with Gasteiger partial charge in [-0.1, -0.05) is 32.0 Å². The van der Waals surface area contributed by atoms with Crippen molar-refractivity contribution in [3.63, 3.8) is 0 Å². The zero-order valence-electron chi connectivity index (χ0n) is 19.2. The molecule has 2 N–H and O–H groups in total. The molecule has 176 valence electrons. The molecule has 0 saturated heterocycles. The predicted octanol–water partition coefficient (Wildman–Crippen LogP) is 3.89. The lowest BCUT2D eigenvalue weighted by Crippen LogP contribution is -2.22. The first-order chi connectivity index (χ1) is 15.9. The number of hydrogen-bond donors (Lipinski definition) is 2. The molecule has 0 unspecified atom stereocenters. The third-order valence-electron chi connectivity index (χ3n) is 5.00. The van der Waals surface area contributed by atoms with Crippen molar-refractivity contribution in [1.82, 2.24) is 0 Å². The monoisotopic (exact) mass is 454 g/mol. The van der Waals surface area contributed by atoms with Gasteiger partial charge in [-0.25, -0.2) is 4.79 Å². The molecule has 2 aromatic carbocycles. The molecule has 0 heterocycles. The van der Waals surface area contributed by atoms with Crippen LogP contribution in [0.2, 0.25) is 0 Å². The van der Waals surface area contributed by atoms with Crippen LogP contribution >= 0.6 is 0 Å². The standard InChI is InChI=1S/C25H30N2O6/c1-4-17-8-6-9-18(5-2)24(17)27-22(29)16-33-23(30)11-7-10-21(28)26-20-14-12-19(13-15-20)25(31)32-3/h6,8-9,12-15H,4-5,7,10-11,16H2,1-3H3,(H,26,28)(H,27,29). The maximum absolute atomic E-state index is 12.2. The Kier molecular flexibility index (Phi) is 10.1. The highest BCUT2D eigenvalue weighted by atomic mass is 16.5. The zero-order valence-corrected chi connectivity index (χ0v) is 19.2. The maximum Gasteiger partial charge on any atom is 0.337 e. The number of methoxy groups -OCH3 is 1. The van der Waals surface area contributed by atoms with E-state index in [-0.39, 0.29) is 31.8 Å². The van der Waals surface area contributed by atoms with E-state index in [0.717, 1.165) is 29.7 Å². The number of ether oxygens (including phenoxy) is 2. The third-order valence-corrected chi connectivity index (χ3v) is 5.00. The van der Waals surface area contributed by atoms with Gasteiger partial charge in [-0.05, 0) is 54.7 Å². The second-order valence-electron chi connectivity index (χ2n) is 7.34. The van der Waals surface area contributed by atoms with Gasteiger partial charge in [0.05, 0.1) is 12.7 Å². The summed E-state index contributed by atoms with van der Waals surface area (Å²) in [6.45, 7) is 3.65. The van der Waals surface area contributed by atoms with Gasteiger partial charge in [0.1, 0.15) is 0 Å². The fraction of sp³-hybridized carbons (Fsp3) is 0.360. The number of esters is 2. The summed E-state index contributed by atoms with van der Waals surface area (Å²) in [6, 6.07) is 12.2. The van der Waals surface area contributed by atoms with E-state index in [2.05, 4.69) is 15.4 Å². The van der Waals surface area contributed by atoms with Gasteiger partial charge < -0.3 is 20.1 Å². The van der Waals surface area contributed by atoms with Crippen LogP contribution in [0, 0.1) is 0 Å². The second kappa shape index (κ2) is 13.0. The quantitative estimate of drug-likeness (QED) is 0.499. The Bertz CT molecular complexity index is 963. The van der Waals surface area contributed by atoms with Crippen LogP contribution in [-0.4, -0.2) is 37.5 Å². The molecular formula is C25H30N2O6. The van der Waals surface area contributed by atoms with Crippen LogP contribution in [0.15, 0.2) is 42.5 Å². The molecule has 2 rings (SSSR count). The highest BCUT2D eigenvalue weighted by molar-refractivity contribution is 5.95. The Morgan fingerprint density at radius 2 is 1.45 bits per heavy atom. The van der Waals surface area contributed by atoms with Crippen LogP contribution in [0.5, 0.6) is 0 Å². The molecule has 0 spiro atoms. The number of carbonyl (C=O) groups is 4. The topological polar surface area (TPSA) is 111 Å². The van der Waals surface area contributed by atoms with Crippen molar-refractivity contribution in [1.29, 1.82) is 0 Å². The molecule has 0 saturated carbocycles. The third kappa shape index (κ3) is 8.07. The average Bonchev–Trinajstić information content (AvgIpc) is 2.82. The molecule has 0 aromatic heterocycles. The van der Waals surface area contributed by atoms with Gasteiger partial charge in [0, 0.05) is 24.2 Å². The molecule has 2 aromatic rings. The number of nitrogens with one attached hydrogen (secondary N) is 2. The molecule has 0 bridgehead atoms. The molecule has 0 fully saturated rings. The highest BCUT2D eigenvalue weighted by Gasteiger charge is 2.13. The smallest absolute Gasteiger partial charge is 0.337 e. The largest absolute Gasteiger partial charge is 0.465 e. The van der Waals surface area contributed by atoms with E-state index in [1.54, 1.807) is 24.3 Å². The fourth-order valence-corrected chi connectivity index (χ4v) is 3.22. The number of aryl methyl sites for hydroxylation is 2. The second-order valence-corrected chi connectivity index (χ2v) is 7.34. The van der Waals surface area contributed by atoms with Gasteiger partial charge in [0.2, 0.25) is 5.91 Å². The van der Waals surface area contributed by atoms with E-state index in [0.29, 0.717) is 11.3 Å². The molecule has 8 nitrogen and oxygen atoms in total. The van der Waals surface area contributed by atoms with E-state index in [4.69, 9.17) is 4.74 Å². The Morgan fingerprint density at radius 1 is 0.818 bits per heavy atom. The molecule has 8 heteroatoms. The Labute approximate surface area is 193 Å². The molecule has 0 aliphatic heterocycles. The summed E-state index contributed by atoms with van der Waals surface area (Å²) in [5.74, 6) is -1.66. The molecule has 0 atom stereocenters. The van der Waals surface area contributed by atoms with Gasteiger partial charge in [-0.3, -0.25) is 14.4 Å². The van der Waals surface area contributed by atoms with Crippen molar-refractivity contribution >= 4 is 35.1 Å². The van der Waals surface area contributed by atoms with E-state index in [9.17, 15) is 19.2 Å². The minimum Gasteiger partial charge on any atom is -0.465 e. The molecule has 0 aliphatic rings. The number of para-hydroxylation sites is 1. The van der Waals surface area contributed by atoms with Gasteiger partial charge >= 0.3 is 11.9 Å². The van der Waals surface area contributed by atoms with Gasteiger partial charge in [0.25, 0.3) is 5.91 Å². The first kappa shape index (κ1) is 25.6. The van der Waals surface area contributed by atoms with Gasteiger partial charge in [0.15, 0.2) is 6.61 Å². The first-order valence-electron chi connectivity index (χ1n) is 10.9. The average molecular weight is 455 g/mol. The van der Waals surface area contributed by atoms with Gasteiger partial charge in [-0.2, -0.15) is 0 Å². The van der Waals surface area contributed by atoms with Gasteiger partial charge in [-0.15, -0.1) is 0 Å². The molecular weight excluding hydrogens is 424 g/mol.